The molecule has 0 radical (unpaired) electrons. The van der Waals surface area contributed by atoms with Crippen LogP contribution in [-0.2, 0) is 21.3 Å². The van der Waals surface area contributed by atoms with Gasteiger partial charge in [0.05, 0.1) is 13.5 Å². The summed E-state index contributed by atoms with van der Waals surface area (Å²) >= 11 is 3.16. The van der Waals surface area contributed by atoms with Crippen LogP contribution in [0, 0.1) is 0 Å². The van der Waals surface area contributed by atoms with Crippen LogP contribution in [0.4, 0.5) is 14.5 Å². The first-order chi connectivity index (χ1) is 8.01. The monoisotopic (exact) mass is 308 g/mol. The van der Waals surface area contributed by atoms with Gasteiger partial charge < -0.3 is 10.5 Å². The molecule has 1 aromatic heterocycles. The second-order valence-electron chi connectivity index (χ2n) is 3.25. The quantitative estimate of drug-likeness (QED) is 0.684. The minimum absolute atomic E-state index is 0.0313. The molecule has 0 unspecified atom stereocenters. The summed E-state index contributed by atoms with van der Waals surface area (Å²) in [4.78, 5) is 14.8. The summed E-state index contributed by atoms with van der Waals surface area (Å²) in [7, 11) is 1.18. The van der Waals surface area contributed by atoms with Gasteiger partial charge in [-0.2, -0.15) is 0 Å². The van der Waals surface area contributed by atoms with Crippen molar-refractivity contribution < 1.29 is 18.3 Å². The number of halogens is 3. The molecule has 4 nitrogen and oxygen atoms in total. The Labute approximate surface area is 105 Å². The highest BCUT2D eigenvalue weighted by atomic mass is 79.9. The second kappa shape index (κ2) is 5.90. The SMILES string of the molecule is COC(=O)Cc1c(C(F)F)ncc(CBr)c1N. The normalized spacial score (nSPS) is 10.6. The van der Waals surface area contributed by atoms with Crippen molar-refractivity contribution in [3.8, 4) is 0 Å². The second-order valence-corrected chi connectivity index (χ2v) is 3.81. The number of esters is 1. The number of nitrogens with two attached hydrogens (primary N) is 1. The van der Waals surface area contributed by atoms with Crippen LogP contribution in [0.5, 0.6) is 0 Å². The Balaban J connectivity index is 3.24. The molecule has 0 aliphatic heterocycles. The Hall–Kier alpha value is -1.24. The van der Waals surface area contributed by atoms with E-state index in [1.54, 1.807) is 0 Å². The lowest BCUT2D eigenvalue weighted by molar-refractivity contribution is -0.139. The molecule has 2 N–H and O–H groups in total. The molecule has 0 amide bonds. The Morgan fingerprint density at radius 3 is 2.76 bits per heavy atom. The number of aromatic nitrogens is 1. The number of pyridine rings is 1. The highest BCUT2D eigenvalue weighted by Crippen LogP contribution is 2.28. The van der Waals surface area contributed by atoms with E-state index in [1.807, 2.05) is 0 Å². The van der Waals surface area contributed by atoms with Crippen LogP contribution in [0.2, 0.25) is 0 Å². The van der Waals surface area contributed by atoms with Crippen LogP contribution in [-0.4, -0.2) is 18.1 Å². The summed E-state index contributed by atoms with van der Waals surface area (Å²) in [6.07, 6.45) is -1.82. The molecule has 94 valence electrons. The predicted octanol–water partition coefficient (Wildman–Crippen LogP) is 2.21. The maximum absolute atomic E-state index is 12.7. The number of rotatable bonds is 4. The zero-order valence-corrected chi connectivity index (χ0v) is 10.6. The Bertz CT molecular complexity index is 427. The molecule has 0 aromatic carbocycles. The van der Waals surface area contributed by atoms with Gasteiger partial charge in [0.25, 0.3) is 6.43 Å². The van der Waals surface area contributed by atoms with E-state index >= 15 is 0 Å². The first kappa shape index (κ1) is 13.8. The standard InChI is InChI=1S/C10H11BrF2N2O2/c1-17-7(16)2-6-8(14)5(3-11)4-15-9(6)10(12)13/h4,10H,2-3H2,1H3,(H2,14,15). The van der Waals surface area contributed by atoms with E-state index in [0.717, 1.165) is 0 Å². The van der Waals surface area contributed by atoms with Gasteiger partial charge in [0.2, 0.25) is 0 Å². The van der Waals surface area contributed by atoms with Gasteiger partial charge in [0.15, 0.2) is 0 Å². The molecule has 0 atom stereocenters. The maximum Gasteiger partial charge on any atom is 0.310 e. The van der Waals surface area contributed by atoms with Gasteiger partial charge in [0, 0.05) is 28.3 Å². The molecule has 1 rings (SSSR count). The van der Waals surface area contributed by atoms with Crippen LogP contribution in [0.1, 0.15) is 23.2 Å². The minimum atomic E-state index is -2.78. The summed E-state index contributed by atoms with van der Waals surface area (Å²) in [5, 5.41) is 0.378. The van der Waals surface area contributed by atoms with Crippen molar-refractivity contribution in [2.75, 3.05) is 12.8 Å². The predicted molar refractivity (Wildman–Crippen MR) is 62.0 cm³/mol. The molecule has 17 heavy (non-hydrogen) atoms. The van der Waals surface area contributed by atoms with Crippen LogP contribution >= 0.6 is 15.9 Å². The molecule has 1 aromatic rings. The molecule has 7 heteroatoms. The van der Waals surface area contributed by atoms with E-state index in [0.29, 0.717) is 10.9 Å². The third-order valence-electron chi connectivity index (χ3n) is 2.24. The smallest absolute Gasteiger partial charge is 0.310 e. The van der Waals surface area contributed by atoms with Crippen molar-refractivity contribution in [2.45, 2.75) is 18.2 Å². The number of ether oxygens (including phenoxy) is 1. The molecule has 0 saturated heterocycles. The lowest BCUT2D eigenvalue weighted by Gasteiger charge is -2.12. The van der Waals surface area contributed by atoms with Gasteiger partial charge in [-0.25, -0.2) is 8.78 Å². The number of methoxy groups -OCH3 is 1. The molecule has 0 saturated carbocycles. The van der Waals surface area contributed by atoms with Crippen LogP contribution in [0.15, 0.2) is 6.20 Å². The fourth-order valence-electron chi connectivity index (χ4n) is 1.32. The average molecular weight is 309 g/mol. The van der Waals surface area contributed by atoms with E-state index < -0.39 is 18.1 Å². The lowest BCUT2D eigenvalue weighted by atomic mass is 10.1. The number of hydrogen-bond donors (Lipinski definition) is 1. The van der Waals surface area contributed by atoms with Crippen LogP contribution in [0.3, 0.4) is 0 Å². The fourth-order valence-corrected chi connectivity index (χ4v) is 1.77. The van der Waals surface area contributed by atoms with E-state index in [-0.39, 0.29) is 17.7 Å². The Morgan fingerprint density at radius 2 is 2.29 bits per heavy atom. The van der Waals surface area contributed by atoms with Gasteiger partial charge in [-0.05, 0) is 0 Å². The molecule has 0 aliphatic carbocycles. The number of anilines is 1. The van der Waals surface area contributed by atoms with Crippen molar-refractivity contribution in [3.05, 3.63) is 23.0 Å². The zero-order valence-electron chi connectivity index (χ0n) is 9.04. The van der Waals surface area contributed by atoms with Crippen molar-refractivity contribution in [3.63, 3.8) is 0 Å². The van der Waals surface area contributed by atoms with E-state index in [9.17, 15) is 13.6 Å². The Morgan fingerprint density at radius 1 is 1.65 bits per heavy atom. The fraction of sp³-hybridized carbons (Fsp3) is 0.400. The summed E-state index contributed by atoms with van der Waals surface area (Å²) in [6, 6.07) is 0. The molecule has 0 aliphatic rings. The van der Waals surface area contributed by atoms with Crippen molar-refractivity contribution in [2.24, 2.45) is 0 Å². The van der Waals surface area contributed by atoms with Gasteiger partial charge in [0.1, 0.15) is 5.69 Å². The van der Waals surface area contributed by atoms with E-state index in [1.165, 1.54) is 13.3 Å². The van der Waals surface area contributed by atoms with Crippen molar-refractivity contribution in [1.29, 1.82) is 0 Å². The molecular weight excluding hydrogens is 298 g/mol. The number of carbonyl (C=O) groups excluding carboxylic acids is 1. The molecule has 0 bridgehead atoms. The van der Waals surface area contributed by atoms with Crippen molar-refractivity contribution >= 4 is 27.6 Å². The molecule has 0 fully saturated rings. The largest absolute Gasteiger partial charge is 0.469 e. The summed E-state index contributed by atoms with van der Waals surface area (Å²) in [5.41, 5.74) is 5.99. The summed E-state index contributed by atoms with van der Waals surface area (Å²) in [6.45, 7) is 0. The highest BCUT2D eigenvalue weighted by molar-refractivity contribution is 9.08. The molecular formula is C10H11BrF2N2O2. The number of alkyl halides is 3. The average Bonchev–Trinajstić information content (AvgIpc) is 2.30. The van der Waals surface area contributed by atoms with E-state index in [4.69, 9.17) is 5.73 Å². The minimum Gasteiger partial charge on any atom is -0.469 e. The van der Waals surface area contributed by atoms with Gasteiger partial charge >= 0.3 is 5.97 Å². The highest BCUT2D eigenvalue weighted by Gasteiger charge is 2.21. The zero-order chi connectivity index (χ0) is 13.0. The number of nitrogens with zero attached hydrogens (tertiary/aromatic N) is 1. The number of carbonyl (C=O) groups is 1. The summed E-state index contributed by atoms with van der Waals surface area (Å²) in [5.74, 6) is -0.632. The van der Waals surface area contributed by atoms with Crippen LogP contribution < -0.4 is 5.73 Å². The topological polar surface area (TPSA) is 65.2 Å². The maximum atomic E-state index is 12.7. The first-order valence-corrected chi connectivity index (χ1v) is 5.80. The first-order valence-electron chi connectivity index (χ1n) is 4.68. The third kappa shape index (κ3) is 3.12. The number of hydrogen-bond acceptors (Lipinski definition) is 4. The summed E-state index contributed by atoms with van der Waals surface area (Å²) < 4.78 is 29.9. The molecule has 1 heterocycles. The van der Waals surface area contributed by atoms with Gasteiger partial charge in [-0.1, -0.05) is 15.9 Å². The van der Waals surface area contributed by atoms with Crippen LogP contribution in [0.25, 0.3) is 0 Å². The van der Waals surface area contributed by atoms with Crippen molar-refractivity contribution in [1.82, 2.24) is 4.98 Å². The molecule has 0 spiro atoms. The van der Waals surface area contributed by atoms with E-state index in [2.05, 4.69) is 25.7 Å². The third-order valence-corrected chi connectivity index (χ3v) is 2.84. The van der Waals surface area contributed by atoms with Gasteiger partial charge in [-0.3, -0.25) is 9.78 Å². The number of nitrogen functional groups attached to an aromatic ring is 1. The lowest BCUT2D eigenvalue weighted by Crippen LogP contribution is -2.12. The van der Waals surface area contributed by atoms with Gasteiger partial charge in [-0.15, -0.1) is 0 Å². The Kier molecular flexibility index (Phi) is 4.80.